The Morgan fingerprint density at radius 1 is 1.12 bits per heavy atom. The molecule has 0 bridgehead atoms. The van der Waals surface area contributed by atoms with Gasteiger partial charge >= 0.3 is 7.82 Å². The Balaban J connectivity index is 1.10. The number of nitrogens with zero attached hydrogens (tertiary/aromatic N) is 1. The fraction of sp³-hybridized carbons (Fsp3) is 0.848. The molecule has 0 aromatic carbocycles. The molecule has 6 rings (SSSR count). The van der Waals surface area contributed by atoms with Gasteiger partial charge in [0.15, 0.2) is 0 Å². The molecule has 5 aliphatic rings. The highest BCUT2D eigenvalue weighted by Crippen LogP contribution is 2.69. The highest BCUT2D eigenvalue weighted by molar-refractivity contribution is 7.48. The zero-order valence-corrected chi connectivity index (χ0v) is 27.4. The van der Waals surface area contributed by atoms with Gasteiger partial charge in [0.25, 0.3) is 0 Å². The highest BCUT2D eigenvalue weighted by Gasteiger charge is 2.64. The van der Waals surface area contributed by atoms with E-state index in [1.54, 1.807) is 12.3 Å². The molecular formula is C33H51ClNO6P. The van der Waals surface area contributed by atoms with E-state index in [1.165, 1.54) is 25.7 Å². The summed E-state index contributed by atoms with van der Waals surface area (Å²) in [5, 5.41) is 22.9. The SMILES string of the molecule is CC[C@@H]1C2C[C@H](O)CC[C@]2(C)C2CC[C@@]3(C)C(CC[C@@H]3[C@H](C)CCOP3(=O)OCC[C@H](c4ccnc(Cl)c4)O3)C2[C@@H]1O. The largest absolute Gasteiger partial charge is 0.475 e. The Morgan fingerprint density at radius 2 is 1.88 bits per heavy atom. The Kier molecular flexibility index (Phi) is 8.99. The number of aliphatic hydroxyl groups excluding tert-OH is 2. The number of fused-ring (bicyclic) bond motifs is 5. The van der Waals surface area contributed by atoms with Crippen molar-refractivity contribution in [3.05, 3.63) is 29.0 Å². The molecular weight excluding hydrogens is 573 g/mol. The minimum atomic E-state index is -3.66. The van der Waals surface area contributed by atoms with Crippen molar-refractivity contribution >= 4 is 19.4 Å². The van der Waals surface area contributed by atoms with E-state index in [0.29, 0.717) is 60.3 Å². The van der Waals surface area contributed by atoms with Crippen LogP contribution in [0.25, 0.3) is 0 Å². The molecule has 236 valence electrons. The molecule has 13 atom stereocenters. The molecule has 7 nitrogen and oxygen atoms in total. The third-order valence-electron chi connectivity index (χ3n) is 13.0. The standard InChI is InChI=1S/C33H51ClNO6P/c1-5-23-27-19-22(36)8-13-33(27,4)26-9-14-32(3)24(6-7-25(32)30(26)31(23)37)20(2)11-16-39-42(38)40-17-12-28(41-42)21-10-15-35-29(34)18-21/h10,15,18,20,22-28,30-31,36-37H,5-9,11-14,16-17,19H2,1-4H3/t20-,22-,23-,24-,25?,26?,27?,28-,30?,31-,32-,33-,42?/m1/s1. The molecule has 2 heterocycles. The van der Waals surface area contributed by atoms with Crippen LogP contribution in [0, 0.1) is 52.3 Å². The van der Waals surface area contributed by atoms with Crippen LogP contribution < -0.4 is 0 Å². The van der Waals surface area contributed by atoms with Crippen molar-refractivity contribution in [2.75, 3.05) is 13.2 Å². The van der Waals surface area contributed by atoms with Crippen molar-refractivity contribution in [2.45, 2.75) is 110 Å². The van der Waals surface area contributed by atoms with E-state index >= 15 is 0 Å². The number of hydrogen-bond donors (Lipinski definition) is 2. The summed E-state index contributed by atoms with van der Waals surface area (Å²) >= 11 is 6.06. The first-order valence-electron chi connectivity index (χ1n) is 16.5. The molecule has 1 aliphatic heterocycles. The number of phosphoric acid groups is 1. The van der Waals surface area contributed by atoms with Gasteiger partial charge < -0.3 is 10.2 Å². The maximum absolute atomic E-state index is 13.4. The van der Waals surface area contributed by atoms with Crippen molar-refractivity contribution < 1.29 is 28.3 Å². The second kappa shape index (κ2) is 12.0. The summed E-state index contributed by atoms with van der Waals surface area (Å²) in [6.07, 6.45) is 10.7. The molecule has 5 fully saturated rings. The average Bonchev–Trinajstić information content (AvgIpc) is 3.31. The normalized spacial score (nSPS) is 47.7. The Morgan fingerprint density at radius 3 is 2.64 bits per heavy atom. The molecule has 5 unspecified atom stereocenters. The van der Waals surface area contributed by atoms with Crippen molar-refractivity contribution in [3.8, 4) is 0 Å². The van der Waals surface area contributed by atoms with Gasteiger partial charge in [0.1, 0.15) is 5.15 Å². The van der Waals surface area contributed by atoms with Crippen molar-refractivity contribution in [1.29, 1.82) is 0 Å². The first-order valence-corrected chi connectivity index (χ1v) is 18.4. The van der Waals surface area contributed by atoms with Gasteiger partial charge in [0.2, 0.25) is 0 Å². The quantitative estimate of drug-likeness (QED) is 0.235. The number of phosphoric ester groups is 1. The summed E-state index contributed by atoms with van der Waals surface area (Å²) in [6, 6.07) is 3.56. The smallest absolute Gasteiger partial charge is 0.393 e. The number of aromatic nitrogens is 1. The first-order chi connectivity index (χ1) is 20.0. The number of pyridine rings is 1. The summed E-state index contributed by atoms with van der Waals surface area (Å²) in [6.45, 7) is 10.2. The van der Waals surface area contributed by atoms with Crippen LogP contribution in [0.5, 0.6) is 0 Å². The fourth-order valence-electron chi connectivity index (χ4n) is 10.9. The molecule has 0 amide bonds. The summed E-state index contributed by atoms with van der Waals surface area (Å²) < 4.78 is 30.6. The molecule has 4 aliphatic carbocycles. The second-order valence-electron chi connectivity index (χ2n) is 14.8. The lowest BCUT2D eigenvalue weighted by molar-refractivity contribution is -0.203. The van der Waals surface area contributed by atoms with Gasteiger partial charge in [-0.15, -0.1) is 0 Å². The van der Waals surface area contributed by atoms with Gasteiger partial charge in [-0.3, -0.25) is 13.6 Å². The minimum Gasteiger partial charge on any atom is -0.393 e. The lowest BCUT2D eigenvalue weighted by Crippen LogP contribution is -2.62. The zero-order chi connectivity index (χ0) is 29.9. The van der Waals surface area contributed by atoms with E-state index in [2.05, 4.69) is 32.7 Å². The molecule has 1 saturated heterocycles. The molecule has 9 heteroatoms. The predicted molar refractivity (Wildman–Crippen MR) is 163 cm³/mol. The highest BCUT2D eigenvalue weighted by atomic mass is 35.5. The van der Waals surface area contributed by atoms with Crippen molar-refractivity contribution in [2.24, 2.45) is 52.3 Å². The van der Waals surface area contributed by atoms with Crippen LogP contribution in [-0.4, -0.2) is 40.6 Å². The van der Waals surface area contributed by atoms with Gasteiger partial charge in [0.05, 0.1) is 31.5 Å². The lowest BCUT2D eigenvalue weighted by Gasteiger charge is -2.64. The van der Waals surface area contributed by atoms with Gasteiger partial charge in [-0.05, 0) is 121 Å². The minimum absolute atomic E-state index is 0.186. The summed E-state index contributed by atoms with van der Waals surface area (Å²) in [7, 11) is -3.66. The van der Waals surface area contributed by atoms with E-state index in [-0.39, 0.29) is 29.0 Å². The Hall–Kier alpha value is -0.530. The molecule has 42 heavy (non-hydrogen) atoms. The van der Waals surface area contributed by atoms with Crippen LogP contribution >= 0.6 is 19.4 Å². The topological polar surface area (TPSA) is 98.1 Å². The van der Waals surface area contributed by atoms with E-state index in [9.17, 15) is 14.8 Å². The first kappa shape index (κ1) is 31.5. The third-order valence-corrected chi connectivity index (χ3v) is 14.7. The fourth-order valence-corrected chi connectivity index (χ4v) is 12.5. The van der Waals surface area contributed by atoms with Crippen LogP contribution in [-0.2, 0) is 18.1 Å². The Bertz CT molecular complexity index is 1170. The van der Waals surface area contributed by atoms with E-state index in [4.69, 9.17) is 25.2 Å². The maximum atomic E-state index is 13.4. The maximum Gasteiger partial charge on any atom is 0.475 e. The lowest BCUT2D eigenvalue weighted by atomic mass is 9.41. The van der Waals surface area contributed by atoms with Gasteiger partial charge in [-0.2, -0.15) is 0 Å². The van der Waals surface area contributed by atoms with Crippen LogP contribution in [0.15, 0.2) is 18.3 Å². The number of hydrogen-bond acceptors (Lipinski definition) is 7. The number of aliphatic hydroxyl groups is 2. The van der Waals surface area contributed by atoms with Gasteiger partial charge in [0, 0.05) is 12.6 Å². The molecule has 1 aromatic heterocycles. The van der Waals surface area contributed by atoms with E-state index < -0.39 is 13.9 Å². The third kappa shape index (κ3) is 5.46. The van der Waals surface area contributed by atoms with Crippen LogP contribution in [0.2, 0.25) is 5.15 Å². The number of halogens is 1. The molecule has 1 aromatic rings. The number of rotatable bonds is 7. The summed E-state index contributed by atoms with van der Waals surface area (Å²) in [5.41, 5.74) is 1.23. The molecule has 4 saturated carbocycles. The van der Waals surface area contributed by atoms with E-state index in [1.807, 2.05) is 6.07 Å². The molecule has 0 spiro atoms. The molecule has 2 N–H and O–H groups in total. The second-order valence-corrected chi connectivity index (χ2v) is 16.8. The van der Waals surface area contributed by atoms with Crippen LogP contribution in [0.4, 0.5) is 0 Å². The predicted octanol–water partition coefficient (Wildman–Crippen LogP) is 7.99. The van der Waals surface area contributed by atoms with Gasteiger partial charge in [-0.1, -0.05) is 45.7 Å². The van der Waals surface area contributed by atoms with E-state index in [0.717, 1.165) is 37.7 Å². The average molecular weight is 624 g/mol. The monoisotopic (exact) mass is 623 g/mol. The van der Waals surface area contributed by atoms with Crippen LogP contribution in [0.1, 0.15) is 104 Å². The Labute approximate surface area is 257 Å². The zero-order valence-electron chi connectivity index (χ0n) is 25.8. The summed E-state index contributed by atoms with van der Waals surface area (Å²) in [5.74, 6) is 3.04. The summed E-state index contributed by atoms with van der Waals surface area (Å²) in [4.78, 5) is 4.03. The van der Waals surface area contributed by atoms with Crippen molar-refractivity contribution in [3.63, 3.8) is 0 Å². The van der Waals surface area contributed by atoms with Crippen molar-refractivity contribution in [1.82, 2.24) is 4.98 Å². The van der Waals surface area contributed by atoms with Crippen LogP contribution in [0.3, 0.4) is 0 Å². The van der Waals surface area contributed by atoms with Gasteiger partial charge in [-0.25, -0.2) is 9.55 Å². The molecule has 0 radical (unpaired) electrons.